The first kappa shape index (κ1) is 23.8. The van der Waals surface area contributed by atoms with E-state index >= 15 is 0 Å². The Morgan fingerprint density at radius 3 is 2.06 bits per heavy atom. The maximum Gasteiger partial charge on any atom is 0.416 e. The number of benzene rings is 2. The second kappa shape index (κ2) is 10.2. The molecule has 0 aliphatic rings. The molecule has 0 unspecified atom stereocenters. The summed E-state index contributed by atoms with van der Waals surface area (Å²) in [5.41, 5.74) is 5.68. The minimum Gasteiger partial charge on any atom is -0.496 e. The molecule has 1 aromatic heterocycles. The number of ether oxygens (including phenoxy) is 1. The molecule has 0 N–H and O–H groups in total. The lowest BCUT2D eigenvalue weighted by Crippen LogP contribution is -2.18. The lowest BCUT2D eigenvalue weighted by molar-refractivity contribution is -0.137. The van der Waals surface area contributed by atoms with Crippen LogP contribution in [0.3, 0.4) is 0 Å². The summed E-state index contributed by atoms with van der Waals surface area (Å²) < 4.78 is 44.0. The van der Waals surface area contributed by atoms with Gasteiger partial charge in [-0.15, -0.1) is 0 Å². The second-order valence-corrected chi connectivity index (χ2v) is 7.91. The molecule has 3 rings (SSSR count). The van der Waals surface area contributed by atoms with Crippen molar-refractivity contribution < 1.29 is 17.9 Å². The van der Waals surface area contributed by atoms with Gasteiger partial charge in [-0.1, -0.05) is 44.2 Å². The highest BCUT2D eigenvalue weighted by Gasteiger charge is 2.29. The maximum atomic E-state index is 12.8. The van der Waals surface area contributed by atoms with Crippen molar-refractivity contribution in [3.05, 3.63) is 82.5 Å². The van der Waals surface area contributed by atoms with Crippen LogP contribution in [0.25, 0.3) is 11.3 Å². The summed E-state index contributed by atoms with van der Waals surface area (Å²) >= 11 is 0. The van der Waals surface area contributed by atoms with Crippen LogP contribution >= 0.6 is 0 Å². The Morgan fingerprint density at radius 2 is 1.53 bits per heavy atom. The van der Waals surface area contributed by atoms with Crippen LogP contribution < -0.4 is 4.74 Å². The Labute approximate surface area is 187 Å². The first-order valence-corrected chi connectivity index (χ1v) is 10.8. The van der Waals surface area contributed by atoms with Crippen molar-refractivity contribution >= 4 is 0 Å². The summed E-state index contributed by atoms with van der Waals surface area (Å²) in [6.07, 6.45) is -0.641. The largest absolute Gasteiger partial charge is 0.496 e. The Balaban J connectivity index is 1.80. The lowest BCUT2D eigenvalue weighted by atomic mass is 9.94. The molecule has 3 aromatic rings. The highest BCUT2D eigenvalue weighted by molar-refractivity contribution is 5.69. The lowest BCUT2D eigenvalue weighted by Gasteiger charge is -2.20. The third kappa shape index (κ3) is 5.49. The molecule has 32 heavy (non-hydrogen) atoms. The Morgan fingerprint density at radius 1 is 0.906 bits per heavy atom. The van der Waals surface area contributed by atoms with Gasteiger partial charge in [0.05, 0.1) is 18.4 Å². The third-order valence-corrected chi connectivity index (χ3v) is 5.59. The van der Waals surface area contributed by atoms with Gasteiger partial charge < -0.3 is 4.74 Å². The average molecular weight is 443 g/mol. The number of nitrogens with zero attached hydrogens (tertiary/aromatic N) is 2. The number of aryl methyl sites for hydroxylation is 2. The summed E-state index contributed by atoms with van der Waals surface area (Å²) in [5, 5.41) is 0. The van der Waals surface area contributed by atoms with Gasteiger partial charge in [-0.3, -0.25) is 9.88 Å². The zero-order valence-electron chi connectivity index (χ0n) is 19.0. The summed E-state index contributed by atoms with van der Waals surface area (Å²) in [7, 11) is 3.57. The van der Waals surface area contributed by atoms with Crippen molar-refractivity contribution in [2.45, 2.75) is 46.0 Å². The number of halogens is 3. The summed E-state index contributed by atoms with van der Waals surface area (Å²) in [5.74, 6) is 0.752. The molecule has 0 amide bonds. The molecule has 0 saturated carbocycles. The molecule has 3 nitrogen and oxygen atoms in total. The highest BCUT2D eigenvalue weighted by atomic mass is 19.4. The van der Waals surface area contributed by atoms with E-state index in [1.165, 1.54) is 28.8 Å². The maximum absolute atomic E-state index is 12.8. The number of alkyl halides is 3. The van der Waals surface area contributed by atoms with Gasteiger partial charge >= 0.3 is 6.18 Å². The van der Waals surface area contributed by atoms with Crippen LogP contribution in [0.1, 0.15) is 41.7 Å². The quantitative estimate of drug-likeness (QED) is 0.396. The zero-order valence-corrected chi connectivity index (χ0v) is 19.0. The van der Waals surface area contributed by atoms with E-state index in [1.54, 1.807) is 7.11 Å². The van der Waals surface area contributed by atoms with Gasteiger partial charge in [-0.2, -0.15) is 13.2 Å². The fourth-order valence-corrected chi connectivity index (χ4v) is 3.94. The number of pyridine rings is 1. The highest BCUT2D eigenvalue weighted by Crippen LogP contribution is 2.32. The van der Waals surface area contributed by atoms with Crippen molar-refractivity contribution in [1.82, 2.24) is 9.88 Å². The topological polar surface area (TPSA) is 25.4 Å². The SMILES string of the molecule is CCc1cccc(CC)c1-c1cc(OC)c(CN(C)Cc2ccc(C(F)(F)F)cc2)cn1. The van der Waals surface area contributed by atoms with Crippen molar-refractivity contribution in [2.24, 2.45) is 0 Å². The van der Waals surface area contributed by atoms with E-state index in [-0.39, 0.29) is 0 Å². The summed E-state index contributed by atoms with van der Waals surface area (Å²) in [6.45, 7) is 5.36. The molecule has 0 aliphatic carbocycles. The monoisotopic (exact) mass is 442 g/mol. The van der Waals surface area contributed by atoms with Gasteiger partial charge in [0.2, 0.25) is 0 Å². The number of hydrogen-bond acceptors (Lipinski definition) is 3. The normalized spacial score (nSPS) is 11.8. The van der Waals surface area contributed by atoms with Gasteiger partial charge in [0, 0.05) is 36.5 Å². The van der Waals surface area contributed by atoms with E-state index in [4.69, 9.17) is 9.72 Å². The van der Waals surface area contributed by atoms with Gasteiger partial charge in [0.25, 0.3) is 0 Å². The number of hydrogen-bond donors (Lipinski definition) is 0. The molecule has 170 valence electrons. The van der Waals surface area contributed by atoms with Gasteiger partial charge in [-0.25, -0.2) is 0 Å². The molecule has 0 spiro atoms. The van der Waals surface area contributed by atoms with E-state index in [9.17, 15) is 13.2 Å². The molecule has 0 atom stereocenters. The fraction of sp³-hybridized carbons (Fsp3) is 0.346. The molecule has 0 saturated heterocycles. The Bertz CT molecular complexity index is 1020. The minimum absolute atomic E-state index is 0.516. The van der Waals surface area contributed by atoms with E-state index in [0.717, 1.165) is 47.5 Å². The van der Waals surface area contributed by atoms with Gasteiger partial charge in [0.1, 0.15) is 5.75 Å². The molecular formula is C26H29F3N2O. The standard InChI is InChI=1S/C26H29F3N2O/c1-5-19-8-7-9-20(6-2)25(19)23-14-24(32-4)21(15-30-23)17-31(3)16-18-10-12-22(13-11-18)26(27,28)29/h7-15H,5-6,16-17H2,1-4H3. The van der Waals surface area contributed by atoms with Crippen molar-refractivity contribution in [1.29, 1.82) is 0 Å². The van der Waals surface area contributed by atoms with Crippen molar-refractivity contribution in [3.63, 3.8) is 0 Å². The smallest absolute Gasteiger partial charge is 0.416 e. The molecule has 6 heteroatoms. The van der Waals surface area contributed by atoms with Crippen LogP contribution in [0.5, 0.6) is 5.75 Å². The number of aromatic nitrogens is 1. The molecule has 1 heterocycles. The van der Waals surface area contributed by atoms with Crippen LogP contribution in [0, 0.1) is 0 Å². The molecule has 0 fully saturated rings. The Kier molecular flexibility index (Phi) is 7.56. The first-order chi connectivity index (χ1) is 15.3. The number of methoxy groups -OCH3 is 1. The van der Waals surface area contributed by atoms with Gasteiger partial charge in [-0.05, 0) is 48.7 Å². The minimum atomic E-state index is -4.32. The van der Waals surface area contributed by atoms with Crippen molar-refractivity contribution in [2.75, 3.05) is 14.2 Å². The van der Waals surface area contributed by atoms with Crippen molar-refractivity contribution in [3.8, 4) is 17.0 Å². The Hall–Kier alpha value is -2.86. The van der Waals surface area contributed by atoms with Crippen LogP contribution in [-0.4, -0.2) is 24.0 Å². The summed E-state index contributed by atoms with van der Waals surface area (Å²) in [6, 6.07) is 13.6. The predicted octanol–water partition coefficient (Wildman–Crippen LogP) is 6.53. The van der Waals surface area contributed by atoms with Crippen LogP contribution in [-0.2, 0) is 32.1 Å². The number of rotatable bonds is 8. The zero-order chi connectivity index (χ0) is 23.3. The van der Waals surface area contributed by atoms with Crippen LogP contribution in [0.15, 0.2) is 54.7 Å². The van der Waals surface area contributed by atoms with E-state index in [2.05, 4.69) is 32.0 Å². The first-order valence-electron chi connectivity index (χ1n) is 10.8. The molecule has 0 aliphatic heterocycles. The average Bonchev–Trinajstić information content (AvgIpc) is 2.78. The van der Waals surface area contributed by atoms with Crippen LogP contribution in [0.2, 0.25) is 0 Å². The van der Waals surface area contributed by atoms with E-state index in [1.807, 2.05) is 24.2 Å². The molecule has 0 bridgehead atoms. The van der Waals surface area contributed by atoms with E-state index in [0.29, 0.717) is 13.1 Å². The fourth-order valence-electron chi connectivity index (χ4n) is 3.94. The summed E-state index contributed by atoms with van der Waals surface area (Å²) in [4.78, 5) is 6.77. The van der Waals surface area contributed by atoms with E-state index < -0.39 is 11.7 Å². The molecule has 2 aromatic carbocycles. The van der Waals surface area contributed by atoms with Crippen LogP contribution in [0.4, 0.5) is 13.2 Å². The van der Waals surface area contributed by atoms with Gasteiger partial charge in [0.15, 0.2) is 0 Å². The predicted molar refractivity (Wildman–Crippen MR) is 122 cm³/mol. The molecular weight excluding hydrogens is 413 g/mol. The third-order valence-electron chi connectivity index (χ3n) is 5.59. The second-order valence-electron chi connectivity index (χ2n) is 7.91. The molecule has 0 radical (unpaired) electrons.